The van der Waals surface area contributed by atoms with E-state index in [4.69, 9.17) is 4.74 Å². The van der Waals surface area contributed by atoms with Crippen molar-refractivity contribution in [2.45, 2.75) is 50.7 Å². The van der Waals surface area contributed by atoms with E-state index in [0.717, 1.165) is 16.9 Å². The molecule has 1 saturated carbocycles. The molecule has 2 heteroatoms. The second kappa shape index (κ2) is 7.46. The molecule has 0 aliphatic heterocycles. The van der Waals surface area contributed by atoms with Crippen LogP contribution in [0.1, 0.15) is 49.3 Å². The highest BCUT2D eigenvalue weighted by atomic mass is 16.5. The number of hydrogen-bond acceptors (Lipinski definition) is 2. The maximum absolute atomic E-state index is 10.3. The monoisotopic (exact) mass is 296 g/mol. The number of aliphatic hydroxyl groups excluding tert-OH is 1. The first-order valence-corrected chi connectivity index (χ1v) is 8.30. The second-order valence-corrected chi connectivity index (χ2v) is 6.15. The molecule has 2 aromatic rings. The fraction of sp³-hybridized carbons (Fsp3) is 0.400. The highest BCUT2D eigenvalue weighted by Crippen LogP contribution is 2.25. The molecule has 1 unspecified atom stereocenters. The number of aliphatic hydroxyl groups is 1. The molecule has 1 N–H and O–H groups in total. The Balaban J connectivity index is 1.58. The molecule has 0 aromatic heterocycles. The van der Waals surface area contributed by atoms with Gasteiger partial charge in [0.05, 0.1) is 12.2 Å². The Morgan fingerprint density at radius 1 is 0.909 bits per heavy atom. The summed E-state index contributed by atoms with van der Waals surface area (Å²) in [5.74, 6) is 0.919. The zero-order valence-electron chi connectivity index (χ0n) is 12.9. The van der Waals surface area contributed by atoms with Crippen LogP contribution in [0.5, 0.6) is 5.75 Å². The summed E-state index contributed by atoms with van der Waals surface area (Å²) < 4.78 is 6.03. The summed E-state index contributed by atoms with van der Waals surface area (Å²) in [6.07, 6.45) is 6.77. The van der Waals surface area contributed by atoms with Crippen LogP contribution < -0.4 is 4.74 Å². The minimum Gasteiger partial charge on any atom is -0.490 e. The Labute approximate surface area is 132 Å². The van der Waals surface area contributed by atoms with Gasteiger partial charge in [-0.2, -0.15) is 0 Å². The van der Waals surface area contributed by atoms with Gasteiger partial charge in [-0.25, -0.2) is 0 Å². The van der Waals surface area contributed by atoms with Crippen molar-refractivity contribution in [3.05, 3.63) is 65.7 Å². The molecule has 0 heterocycles. The van der Waals surface area contributed by atoms with Gasteiger partial charge in [-0.3, -0.25) is 0 Å². The third-order valence-electron chi connectivity index (χ3n) is 4.39. The van der Waals surface area contributed by atoms with Crippen molar-refractivity contribution in [2.75, 3.05) is 0 Å². The predicted octanol–water partition coefficient (Wildman–Crippen LogP) is 4.67. The molecular formula is C20H24O2. The first-order valence-electron chi connectivity index (χ1n) is 8.30. The summed E-state index contributed by atoms with van der Waals surface area (Å²) in [4.78, 5) is 0. The molecular weight excluding hydrogens is 272 g/mol. The molecule has 1 aliphatic rings. The van der Waals surface area contributed by atoms with Gasteiger partial charge in [0.25, 0.3) is 0 Å². The van der Waals surface area contributed by atoms with Gasteiger partial charge in [-0.05, 0) is 48.9 Å². The van der Waals surface area contributed by atoms with Crippen molar-refractivity contribution >= 4 is 0 Å². The Bertz CT molecular complexity index is 556. The van der Waals surface area contributed by atoms with Gasteiger partial charge >= 0.3 is 0 Å². The quantitative estimate of drug-likeness (QED) is 0.868. The molecule has 2 aromatic carbocycles. The minimum atomic E-state index is -0.467. The summed E-state index contributed by atoms with van der Waals surface area (Å²) in [5, 5.41) is 10.3. The van der Waals surface area contributed by atoms with E-state index in [1.807, 2.05) is 54.6 Å². The van der Waals surface area contributed by atoms with Gasteiger partial charge in [0.15, 0.2) is 0 Å². The van der Waals surface area contributed by atoms with Crippen molar-refractivity contribution in [1.82, 2.24) is 0 Å². The summed E-state index contributed by atoms with van der Waals surface area (Å²) in [6, 6.07) is 18.0. The Hall–Kier alpha value is -1.80. The number of hydrogen-bond donors (Lipinski definition) is 1. The third kappa shape index (κ3) is 4.11. The standard InChI is InChI=1S/C20H24O2/c21-20(15-16-7-3-1-4-8-16)17-11-13-19(14-12-17)22-18-9-5-2-6-10-18/h1,3-4,7-8,11-14,18,20-21H,2,5-6,9-10,15H2. The lowest BCUT2D eigenvalue weighted by atomic mass is 9.97. The molecule has 1 atom stereocenters. The van der Waals surface area contributed by atoms with E-state index < -0.39 is 6.10 Å². The molecule has 1 aliphatic carbocycles. The summed E-state index contributed by atoms with van der Waals surface area (Å²) in [6.45, 7) is 0. The van der Waals surface area contributed by atoms with E-state index >= 15 is 0 Å². The molecule has 116 valence electrons. The van der Waals surface area contributed by atoms with Gasteiger partial charge in [0.2, 0.25) is 0 Å². The van der Waals surface area contributed by atoms with Gasteiger partial charge in [0, 0.05) is 6.42 Å². The van der Waals surface area contributed by atoms with E-state index in [9.17, 15) is 5.11 Å². The highest BCUT2D eigenvalue weighted by molar-refractivity contribution is 5.30. The van der Waals surface area contributed by atoms with Crippen LogP contribution in [-0.4, -0.2) is 11.2 Å². The van der Waals surface area contributed by atoms with Crippen LogP contribution in [0, 0.1) is 0 Å². The normalized spacial score (nSPS) is 17.1. The minimum absolute atomic E-state index is 0.369. The van der Waals surface area contributed by atoms with Crippen molar-refractivity contribution in [3.8, 4) is 5.75 Å². The molecule has 2 nitrogen and oxygen atoms in total. The Kier molecular flexibility index (Phi) is 5.12. The van der Waals surface area contributed by atoms with Crippen molar-refractivity contribution in [2.24, 2.45) is 0 Å². The zero-order chi connectivity index (χ0) is 15.2. The smallest absolute Gasteiger partial charge is 0.119 e. The molecule has 0 bridgehead atoms. The van der Waals surface area contributed by atoms with Gasteiger partial charge in [-0.1, -0.05) is 48.9 Å². The third-order valence-corrected chi connectivity index (χ3v) is 4.39. The van der Waals surface area contributed by atoms with Crippen LogP contribution in [0.3, 0.4) is 0 Å². The number of benzene rings is 2. The average molecular weight is 296 g/mol. The lowest BCUT2D eigenvalue weighted by molar-refractivity contribution is 0.154. The molecule has 0 spiro atoms. The summed E-state index contributed by atoms with van der Waals surface area (Å²) >= 11 is 0. The van der Waals surface area contributed by atoms with E-state index in [1.165, 1.54) is 32.1 Å². The fourth-order valence-corrected chi connectivity index (χ4v) is 3.10. The van der Waals surface area contributed by atoms with Crippen molar-refractivity contribution in [1.29, 1.82) is 0 Å². The van der Waals surface area contributed by atoms with Crippen LogP contribution >= 0.6 is 0 Å². The van der Waals surface area contributed by atoms with Crippen LogP contribution in [0.25, 0.3) is 0 Å². The maximum Gasteiger partial charge on any atom is 0.119 e. The first-order chi connectivity index (χ1) is 10.8. The molecule has 0 radical (unpaired) electrons. The van der Waals surface area contributed by atoms with Crippen LogP contribution in [0.2, 0.25) is 0 Å². The van der Waals surface area contributed by atoms with E-state index in [1.54, 1.807) is 0 Å². The van der Waals surface area contributed by atoms with Crippen molar-refractivity contribution in [3.63, 3.8) is 0 Å². The second-order valence-electron chi connectivity index (χ2n) is 6.15. The zero-order valence-corrected chi connectivity index (χ0v) is 12.9. The lowest BCUT2D eigenvalue weighted by Crippen LogP contribution is -2.19. The van der Waals surface area contributed by atoms with Crippen LogP contribution in [0.4, 0.5) is 0 Å². The molecule has 1 fully saturated rings. The SMILES string of the molecule is OC(Cc1ccccc1)c1ccc(OC2CCCCC2)cc1. The Morgan fingerprint density at radius 3 is 2.27 bits per heavy atom. The molecule has 22 heavy (non-hydrogen) atoms. The summed E-state index contributed by atoms with van der Waals surface area (Å²) in [7, 11) is 0. The maximum atomic E-state index is 10.3. The first kappa shape index (κ1) is 15.1. The fourth-order valence-electron chi connectivity index (χ4n) is 3.10. The average Bonchev–Trinajstić information content (AvgIpc) is 2.57. The predicted molar refractivity (Wildman–Crippen MR) is 89.0 cm³/mol. The Morgan fingerprint density at radius 2 is 1.59 bits per heavy atom. The van der Waals surface area contributed by atoms with Crippen molar-refractivity contribution < 1.29 is 9.84 Å². The number of rotatable bonds is 5. The van der Waals surface area contributed by atoms with Crippen LogP contribution in [-0.2, 0) is 6.42 Å². The van der Waals surface area contributed by atoms with Crippen LogP contribution in [0.15, 0.2) is 54.6 Å². The highest BCUT2D eigenvalue weighted by Gasteiger charge is 2.15. The molecule has 3 rings (SSSR count). The van der Waals surface area contributed by atoms with E-state index in [0.29, 0.717) is 12.5 Å². The lowest BCUT2D eigenvalue weighted by Gasteiger charge is -2.23. The van der Waals surface area contributed by atoms with E-state index in [2.05, 4.69) is 0 Å². The topological polar surface area (TPSA) is 29.5 Å². The van der Waals surface area contributed by atoms with Gasteiger partial charge in [-0.15, -0.1) is 0 Å². The van der Waals surface area contributed by atoms with Gasteiger partial charge < -0.3 is 9.84 Å². The largest absolute Gasteiger partial charge is 0.490 e. The van der Waals surface area contributed by atoms with E-state index in [-0.39, 0.29) is 0 Å². The molecule has 0 saturated heterocycles. The number of ether oxygens (including phenoxy) is 1. The summed E-state index contributed by atoms with van der Waals surface area (Å²) in [5.41, 5.74) is 2.09. The molecule has 0 amide bonds. The van der Waals surface area contributed by atoms with Gasteiger partial charge in [0.1, 0.15) is 5.75 Å².